The maximum absolute atomic E-state index is 12.1. The zero-order chi connectivity index (χ0) is 13.1. The molecular weight excluding hydrogens is 256 g/mol. The summed E-state index contributed by atoms with van der Waals surface area (Å²) in [6.07, 6.45) is 4.73. The molecular formula is C15H18N2OS. The average molecular weight is 274 g/mol. The van der Waals surface area contributed by atoms with Gasteiger partial charge in [0.25, 0.3) is 0 Å². The van der Waals surface area contributed by atoms with Crippen LogP contribution >= 0.6 is 11.8 Å². The van der Waals surface area contributed by atoms with Crippen LogP contribution in [0.15, 0.2) is 35.3 Å². The topological polar surface area (TPSA) is 41.5 Å². The van der Waals surface area contributed by atoms with Crippen LogP contribution in [0.1, 0.15) is 31.2 Å². The summed E-state index contributed by atoms with van der Waals surface area (Å²) in [5.74, 6) is 0.869. The number of rotatable bonds is 3. The molecule has 1 aromatic rings. The van der Waals surface area contributed by atoms with E-state index in [0.717, 1.165) is 29.2 Å². The van der Waals surface area contributed by atoms with Crippen molar-refractivity contribution < 1.29 is 4.79 Å². The number of thioether (sulfide) groups is 1. The Morgan fingerprint density at radius 2 is 1.95 bits per heavy atom. The molecule has 3 rings (SSSR count). The van der Waals surface area contributed by atoms with Crippen LogP contribution in [0.4, 0.5) is 0 Å². The fraction of sp³-hybridized carbons (Fsp3) is 0.467. The summed E-state index contributed by atoms with van der Waals surface area (Å²) in [4.78, 5) is 16.7. The minimum atomic E-state index is -0.208. The molecule has 2 aliphatic rings. The number of benzene rings is 1. The lowest BCUT2D eigenvalue weighted by Crippen LogP contribution is -2.39. The highest BCUT2D eigenvalue weighted by atomic mass is 32.2. The lowest BCUT2D eigenvalue weighted by atomic mass is 10.2. The van der Waals surface area contributed by atoms with E-state index in [4.69, 9.17) is 0 Å². The van der Waals surface area contributed by atoms with Gasteiger partial charge in [-0.2, -0.15) is 0 Å². The van der Waals surface area contributed by atoms with Crippen molar-refractivity contribution in [2.75, 3.05) is 5.75 Å². The Labute approximate surface area is 117 Å². The molecule has 0 radical (unpaired) electrons. The highest BCUT2D eigenvalue weighted by Crippen LogP contribution is 2.24. The van der Waals surface area contributed by atoms with Crippen LogP contribution in [0.25, 0.3) is 0 Å². The minimum absolute atomic E-state index is 0.102. The number of nitrogens with one attached hydrogen (secondary N) is 1. The molecule has 1 aliphatic heterocycles. The molecule has 1 N–H and O–H groups in total. The molecule has 0 saturated heterocycles. The van der Waals surface area contributed by atoms with Crippen molar-refractivity contribution in [1.29, 1.82) is 0 Å². The van der Waals surface area contributed by atoms with Crippen LogP contribution in [0, 0.1) is 0 Å². The summed E-state index contributed by atoms with van der Waals surface area (Å²) < 4.78 is 0. The third-order valence-electron chi connectivity index (χ3n) is 3.68. The molecule has 1 saturated carbocycles. The molecule has 0 spiro atoms. The van der Waals surface area contributed by atoms with E-state index in [2.05, 4.69) is 10.3 Å². The van der Waals surface area contributed by atoms with Crippen LogP contribution in [0.5, 0.6) is 0 Å². The molecule has 3 nitrogen and oxygen atoms in total. The fourth-order valence-electron chi connectivity index (χ4n) is 2.61. The second kappa shape index (κ2) is 5.78. The number of nitrogens with zero attached hydrogens (tertiary/aromatic N) is 1. The van der Waals surface area contributed by atoms with Crippen molar-refractivity contribution in [1.82, 2.24) is 5.32 Å². The van der Waals surface area contributed by atoms with Gasteiger partial charge in [-0.15, -0.1) is 11.8 Å². The SMILES string of the molecule is O=C(NC1CCCC1)C1CSC(c2ccccc2)=N1. The van der Waals surface area contributed by atoms with Gasteiger partial charge in [0.15, 0.2) is 0 Å². The Kier molecular flexibility index (Phi) is 3.87. The molecule has 0 aromatic heterocycles. The molecule has 100 valence electrons. The summed E-state index contributed by atoms with van der Waals surface area (Å²) in [7, 11) is 0. The zero-order valence-electron chi connectivity index (χ0n) is 10.8. The van der Waals surface area contributed by atoms with Gasteiger partial charge in [-0.1, -0.05) is 43.2 Å². The number of carbonyl (C=O) groups is 1. The van der Waals surface area contributed by atoms with Gasteiger partial charge >= 0.3 is 0 Å². The summed E-state index contributed by atoms with van der Waals surface area (Å²) in [5, 5.41) is 4.13. The fourth-order valence-corrected chi connectivity index (χ4v) is 3.66. The standard InChI is InChI=1S/C15H18N2OS/c18-14(16-12-8-4-5-9-12)13-10-19-15(17-13)11-6-2-1-3-7-11/h1-3,6-7,12-13H,4-5,8-10H2,(H,16,18). The molecule has 1 unspecified atom stereocenters. The number of amides is 1. The van der Waals surface area contributed by atoms with Gasteiger partial charge in [0.2, 0.25) is 5.91 Å². The molecule has 19 heavy (non-hydrogen) atoms. The van der Waals surface area contributed by atoms with E-state index in [1.165, 1.54) is 12.8 Å². The predicted octanol–water partition coefficient (Wildman–Crippen LogP) is 2.61. The van der Waals surface area contributed by atoms with E-state index >= 15 is 0 Å². The van der Waals surface area contributed by atoms with E-state index in [9.17, 15) is 4.79 Å². The quantitative estimate of drug-likeness (QED) is 0.920. The molecule has 1 aliphatic carbocycles. The molecule has 4 heteroatoms. The van der Waals surface area contributed by atoms with E-state index in [1.54, 1.807) is 11.8 Å². The van der Waals surface area contributed by atoms with Gasteiger partial charge in [0, 0.05) is 17.4 Å². The lowest BCUT2D eigenvalue weighted by molar-refractivity contribution is -0.122. The van der Waals surface area contributed by atoms with Gasteiger partial charge in [-0.3, -0.25) is 9.79 Å². The van der Waals surface area contributed by atoms with Crippen molar-refractivity contribution in [2.45, 2.75) is 37.8 Å². The molecule has 1 aromatic carbocycles. The Morgan fingerprint density at radius 3 is 2.68 bits per heavy atom. The minimum Gasteiger partial charge on any atom is -0.351 e. The van der Waals surface area contributed by atoms with E-state index in [-0.39, 0.29) is 11.9 Å². The van der Waals surface area contributed by atoms with Gasteiger partial charge in [0.05, 0.1) is 5.04 Å². The first-order valence-electron chi connectivity index (χ1n) is 6.89. The second-order valence-corrected chi connectivity index (χ2v) is 6.13. The predicted molar refractivity (Wildman–Crippen MR) is 79.6 cm³/mol. The van der Waals surface area contributed by atoms with Crippen LogP contribution in [0.2, 0.25) is 0 Å². The van der Waals surface area contributed by atoms with Gasteiger partial charge in [0.1, 0.15) is 6.04 Å². The van der Waals surface area contributed by atoms with Gasteiger partial charge in [-0.05, 0) is 12.8 Å². The Morgan fingerprint density at radius 1 is 1.21 bits per heavy atom. The molecule has 1 atom stereocenters. The van der Waals surface area contributed by atoms with Crippen LogP contribution in [0.3, 0.4) is 0 Å². The summed E-state index contributed by atoms with van der Waals surface area (Å²) >= 11 is 1.68. The zero-order valence-corrected chi connectivity index (χ0v) is 11.7. The Bertz CT molecular complexity index is 480. The molecule has 1 fully saturated rings. The van der Waals surface area contributed by atoms with Gasteiger partial charge < -0.3 is 5.32 Å². The largest absolute Gasteiger partial charge is 0.351 e. The first-order chi connectivity index (χ1) is 9.33. The Hall–Kier alpha value is -1.29. The van der Waals surface area contributed by atoms with Crippen LogP contribution < -0.4 is 5.32 Å². The monoisotopic (exact) mass is 274 g/mol. The maximum Gasteiger partial charge on any atom is 0.245 e. The highest BCUT2D eigenvalue weighted by molar-refractivity contribution is 8.14. The molecule has 1 amide bonds. The average Bonchev–Trinajstić information content (AvgIpc) is 3.10. The van der Waals surface area contributed by atoms with Crippen LogP contribution in [-0.2, 0) is 4.79 Å². The third-order valence-corrected chi connectivity index (χ3v) is 4.77. The van der Waals surface area contributed by atoms with Crippen molar-refractivity contribution in [3.05, 3.63) is 35.9 Å². The van der Waals surface area contributed by atoms with Gasteiger partial charge in [-0.25, -0.2) is 0 Å². The highest BCUT2D eigenvalue weighted by Gasteiger charge is 2.27. The van der Waals surface area contributed by atoms with Crippen LogP contribution in [-0.4, -0.2) is 28.8 Å². The number of carbonyl (C=O) groups excluding carboxylic acids is 1. The van der Waals surface area contributed by atoms with E-state index < -0.39 is 0 Å². The number of hydrogen-bond acceptors (Lipinski definition) is 3. The first-order valence-corrected chi connectivity index (χ1v) is 7.88. The van der Waals surface area contributed by atoms with Crippen molar-refractivity contribution >= 4 is 22.7 Å². The number of hydrogen-bond donors (Lipinski definition) is 1. The first kappa shape index (κ1) is 12.7. The lowest BCUT2D eigenvalue weighted by Gasteiger charge is -2.13. The van der Waals surface area contributed by atoms with E-state index in [1.807, 2.05) is 30.3 Å². The Balaban J connectivity index is 1.63. The summed E-state index contributed by atoms with van der Waals surface area (Å²) in [5.41, 5.74) is 1.11. The molecule has 1 heterocycles. The smallest absolute Gasteiger partial charge is 0.245 e. The van der Waals surface area contributed by atoms with Crippen molar-refractivity contribution in [2.24, 2.45) is 4.99 Å². The molecule has 0 bridgehead atoms. The summed E-state index contributed by atoms with van der Waals surface area (Å²) in [6, 6.07) is 10.3. The second-order valence-electron chi connectivity index (χ2n) is 5.12. The summed E-state index contributed by atoms with van der Waals surface area (Å²) in [6.45, 7) is 0. The third kappa shape index (κ3) is 3.00. The maximum atomic E-state index is 12.1. The van der Waals surface area contributed by atoms with Crippen molar-refractivity contribution in [3.63, 3.8) is 0 Å². The van der Waals surface area contributed by atoms with Crippen molar-refractivity contribution in [3.8, 4) is 0 Å². The normalized spacial score (nSPS) is 23.4. The van der Waals surface area contributed by atoms with E-state index in [0.29, 0.717) is 6.04 Å². The number of aliphatic imine (C=N–C) groups is 1.